The minimum Gasteiger partial charge on any atom is -0.344 e. The molecule has 0 spiro atoms. The van der Waals surface area contributed by atoms with Crippen molar-refractivity contribution in [3.8, 4) is 0 Å². The van der Waals surface area contributed by atoms with Crippen molar-refractivity contribution in [2.45, 2.75) is 11.1 Å². The zero-order valence-electron chi connectivity index (χ0n) is 13.3. The number of hydrogen-bond donors (Lipinski definition) is 0. The van der Waals surface area contributed by atoms with E-state index < -0.39 is 10.0 Å². The van der Waals surface area contributed by atoms with Crippen LogP contribution in [0.1, 0.15) is 5.69 Å². The van der Waals surface area contributed by atoms with E-state index in [9.17, 15) is 13.2 Å². The lowest BCUT2D eigenvalue weighted by atomic mass is 10.4. The fourth-order valence-corrected chi connectivity index (χ4v) is 6.30. The van der Waals surface area contributed by atoms with Gasteiger partial charge in [-0.25, -0.2) is 12.9 Å². The standard InChI is InChI=1S/C14H15N5O3S3/c1-10-9-11(20)15-13-19(10)16-14(24-13)17-4-6-18(7-5-17)25(21,22)12-3-2-8-23-12/h2-3,8-9H,4-7H2,1H3. The Bertz CT molecular complexity index is 1060. The molecule has 0 aromatic carbocycles. The Balaban J connectivity index is 1.54. The van der Waals surface area contributed by atoms with Crippen LogP contribution in [0.3, 0.4) is 0 Å². The Labute approximate surface area is 152 Å². The van der Waals surface area contributed by atoms with Gasteiger partial charge in [-0.2, -0.15) is 9.29 Å². The molecule has 4 rings (SSSR count). The minimum absolute atomic E-state index is 0.278. The van der Waals surface area contributed by atoms with Crippen molar-refractivity contribution >= 4 is 42.8 Å². The molecule has 25 heavy (non-hydrogen) atoms. The average molecular weight is 398 g/mol. The zero-order chi connectivity index (χ0) is 17.6. The molecule has 1 saturated heterocycles. The Morgan fingerprint density at radius 3 is 2.64 bits per heavy atom. The lowest BCUT2D eigenvalue weighted by molar-refractivity contribution is 0.385. The maximum atomic E-state index is 12.6. The molecule has 3 aromatic rings. The second kappa shape index (κ2) is 6.16. The first-order valence-electron chi connectivity index (χ1n) is 7.61. The maximum absolute atomic E-state index is 12.6. The monoisotopic (exact) mass is 397 g/mol. The van der Waals surface area contributed by atoms with Gasteiger partial charge in [0.1, 0.15) is 4.21 Å². The van der Waals surface area contributed by atoms with Crippen LogP contribution in [0, 0.1) is 6.92 Å². The predicted octanol–water partition coefficient (Wildman–Crippen LogP) is 1.03. The first-order valence-corrected chi connectivity index (χ1v) is 10.7. The summed E-state index contributed by atoms with van der Waals surface area (Å²) in [6.07, 6.45) is 0. The summed E-state index contributed by atoms with van der Waals surface area (Å²) in [4.78, 5) is 18.1. The Hall–Kier alpha value is -1.82. The van der Waals surface area contributed by atoms with Crippen LogP contribution < -0.4 is 10.5 Å². The molecule has 0 bridgehead atoms. The molecule has 0 aliphatic carbocycles. The van der Waals surface area contributed by atoms with Crippen molar-refractivity contribution in [3.63, 3.8) is 0 Å². The van der Waals surface area contributed by atoms with Crippen LogP contribution in [-0.4, -0.2) is 53.5 Å². The van der Waals surface area contributed by atoms with Gasteiger partial charge in [-0.05, 0) is 18.4 Å². The molecule has 0 saturated carbocycles. The summed E-state index contributed by atoms with van der Waals surface area (Å²) in [7, 11) is -3.41. The number of aryl methyl sites for hydroxylation is 1. The molecule has 132 valence electrons. The number of nitrogens with zero attached hydrogens (tertiary/aromatic N) is 5. The van der Waals surface area contributed by atoms with E-state index in [0.717, 1.165) is 10.8 Å². The van der Waals surface area contributed by atoms with Gasteiger partial charge >= 0.3 is 0 Å². The SMILES string of the molecule is Cc1cc(=O)nc2sc(N3CCN(S(=O)(=O)c4cccs4)CC3)nn12. The lowest BCUT2D eigenvalue weighted by Crippen LogP contribution is -2.48. The number of rotatable bonds is 3. The lowest BCUT2D eigenvalue weighted by Gasteiger charge is -2.33. The molecule has 4 heterocycles. The fraction of sp³-hybridized carbons (Fsp3) is 0.357. The van der Waals surface area contributed by atoms with Gasteiger partial charge in [0.2, 0.25) is 10.1 Å². The molecule has 0 atom stereocenters. The highest BCUT2D eigenvalue weighted by atomic mass is 32.2. The summed E-state index contributed by atoms with van der Waals surface area (Å²) in [5, 5.41) is 7.02. The van der Waals surface area contributed by atoms with Gasteiger partial charge in [-0.15, -0.1) is 16.4 Å². The summed E-state index contributed by atoms with van der Waals surface area (Å²) < 4.78 is 28.7. The number of thiophene rings is 1. The maximum Gasteiger partial charge on any atom is 0.274 e. The highest BCUT2D eigenvalue weighted by molar-refractivity contribution is 7.91. The van der Waals surface area contributed by atoms with Crippen LogP contribution >= 0.6 is 22.7 Å². The van der Waals surface area contributed by atoms with Gasteiger partial charge in [0.05, 0.1) is 0 Å². The van der Waals surface area contributed by atoms with Crippen LogP contribution in [0.2, 0.25) is 0 Å². The third-order valence-electron chi connectivity index (χ3n) is 4.02. The number of fused-ring (bicyclic) bond motifs is 1. The third-order valence-corrected chi connectivity index (χ3v) is 8.26. The Morgan fingerprint density at radius 2 is 1.96 bits per heavy atom. The number of aromatic nitrogens is 3. The van der Waals surface area contributed by atoms with Gasteiger partial charge in [0.15, 0.2) is 0 Å². The fourth-order valence-electron chi connectivity index (χ4n) is 2.72. The van der Waals surface area contributed by atoms with Gasteiger partial charge in [-0.3, -0.25) is 4.79 Å². The van der Waals surface area contributed by atoms with Crippen LogP contribution in [0.5, 0.6) is 0 Å². The number of anilines is 1. The molecular weight excluding hydrogens is 382 g/mol. The van der Waals surface area contributed by atoms with E-state index in [1.54, 1.807) is 22.0 Å². The number of sulfonamides is 1. The highest BCUT2D eigenvalue weighted by Gasteiger charge is 2.30. The molecular formula is C14H15N5O3S3. The van der Waals surface area contributed by atoms with Crippen LogP contribution in [0.4, 0.5) is 5.13 Å². The second-order valence-electron chi connectivity index (χ2n) is 5.64. The van der Waals surface area contributed by atoms with Gasteiger partial charge in [0.25, 0.3) is 15.6 Å². The van der Waals surface area contributed by atoms with E-state index in [4.69, 9.17) is 0 Å². The summed E-state index contributed by atoms with van der Waals surface area (Å²) in [5.41, 5.74) is 0.455. The number of hydrogen-bond acceptors (Lipinski definition) is 8. The van der Waals surface area contributed by atoms with Crippen LogP contribution in [0.25, 0.3) is 4.96 Å². The van der Waals surface area contributed by atoms with Gasteiger partial charge in [-0.1, -0.05) is 17.4 Å². The molecule has 0 radical (unpaired) electrons. The molecule has 1 aliphatic rings. The van der Waals surface area contributed by atoms with E-state index in [0.29, 0.717) is 35.3 Å². The van der Waals surface area contributed by atoms with Crippen LogP contribution in [0.15, 0.2) is 32.6 Å². The second-order valence-corrected chi connectivity index (χ2v) is 9.68. The highest BCUT2D eigenvalue weighted by Crippen LogP contribution is 2.26. The largest absolute Gasteiger partial charge is 0.344 e. The van der Waals surface area contributed by atoms with Gasteiger partial charge in [0, 0.05) is 37.9 Å². The number of piperazine rings is 1. The molecule has 0 unspecified atom stereocenters. The van der Waals surface area contributed by atoms with E-state index in [1.807, 2.05) is 11.8 Å². The van der Waals surface area contributed by atoms with Crippen molar-refractivity contribution in [2.75, 3.05) is 31.1 Å². The van der Waals surface area contributed by atoms with Crippen molar-refractivity contribution in [2.24, 2.45) is 0 Å². The average Bonchev–Trinajstić information content (AvgIpc) is 3.25. The van der Waals surface area contributed by atoms with Crippen molar-refractivity contribution in [1.82, 2.24) is 18.9 Å². The molecule has 0 amide bonds. The van der Waals surface area contributed by atoms with Crippen LogP contribution in [-0.2, 0) is 10.0 Å². The molecule has 3 aromatic heterocycles. The summed E-state index contributed by atoms with van der Waals surface area (Å²) in [6, 6.07) is 4.82. The van der Waals surface area contributed by atoms with E-state index >= 15 is 0 Å². The normalized spacial score (nSPS) is 16.6. The van der Waals surface area contributed by atoms with E-state index in [-0.39, 0.29) is 5.56 Å². The summed E-state index contributed by atoms with van der Waals surface area (Å²) in [6.45, 7) is 3.72. The third kappa shape index (κ3) is 2.97. The molecule has 11 heteroatoms. The van der Waals surface area contributed by atoms with Crippen molar-refractivity contribution in [1.29, 1.82) is 0 Å². The minimum atomic E-state index is -3.41. The summed E-state index contributed by atoms with van der Waals surface area (Å²) >= 11 is 2.57. The Kier molecular flexibility index (Phi) is 4.10. The van der Waals surface area contributed by atoms with Crippen molar-refractivity contribution in [3.05, 3.63) is 39.6 Å². The molecule has 1 aliphatic heterocycles. The first kappa shape index (κ1) is 16.6. The van der Waals surface area contributed by atoms with Gasteiger partial charge < -0.3 is 4.90 Å². The first-order chi connectivity index (χ1) is 11.9. The predicted molar refractivity (Wildman–Crippen MR) is 97.2 cm³/mol. The van der Waals surface area contributed by atoms with Crippen molar-refractivity contribution < 1.29 is 8.42 Å². The molecule has 8 nitrogen and oxygen atoms in total. The zero-order valence-corrected chi connectivity index (χ0v) is 15.8. The smallest absolute Gasteiger partial charge is 0.274 e. The Morgan fingerprint density at radius 1 is 1.20 bits per heavy atom. The molecule has 0 N–H and O–H groups in total. The topological polar surface area (TPSA) is 87.9 Å². The van der Waals surface area contributed by atoms with E-state index in [2.05, 4.69) is 10.1 Å². The quantitative estimate of drug-likeness (QED) is 0.656. The molecule has 1 fully saturated rings. The summed E-state index contributed by atoms with van der Waals surface area (Å²) in [5.74, 6) is 0. The van der Waals surface area contributed by atoms with E-state index in [1.165, 1.54) is 33.0 Å².